The topological polar surface area (TPSA) is 64.4 Å². The molecule has 0 heterocycles. The monoisotopic (exact) mass is 187 g/mol. The lowest BCUT2D eigenvalue weighted by Crippen LogP contribution is -1.98. The summed E-state index contributed by atoms with van der Waals surface area (Å²) in [6.07, 6.45) is 4.17. The normalized spacial score (nSPS) is 15.1. The van der Waals surface area contributed by atoms with Gasteiger partial charge in [0.2, 0.25) is 0 Å². The molecule has 0 saturated carbocycles. The van der Waals surface area contributed by atoms with Crippen LogP contribution in [0.25, 0.3) is 0 Å². The molecule has 0 aromatic heterocycles. The Balaban J connectivity index is 4.36. The summed E-state index contributed by atoms with van der Waals surface area (Å²) < 4.78 is 0. The Hall–Kier alpha value is -0.960. The van der Waals surface area contributed by atoms with Crippen LogP contribution in [0.3, 0.4) is 0 Å². The standard InChI is InChI=1S/C8H14ClN3/c1-3-4-8(11)12-7(9)5-6(2)10/h4-5H,3,10-11H2,1-2H3/b6-5+,8-4+,12-7-. The zero-order valence-electron chi connectivity index (χ0n) is 7.34. The fourth-order valence-electron chi connectivity index (χ4n) is 0.598. The quantitative estimate of drug-likeness (QED) is 0.661. The largest absolute Gasteiger partial charge is 0.402 e. The maximum Gasteiger partial charge on any atom is 0.133 e. The van der Waals surface area contributed by atoms with Gasteiger partial charge in [0.25, 0.3) is 0 Å². The molecule has 0 saturated heterocycles. The molecular formula is C8H14ClN3. The molecule has 0 bridgehead atoms. The van der Waals surface area contributed by atoms with Crippen LogP contribution in [-0.2, 0) is 0 Å². The lowest BCUT2D eigenvalue weighted by atomic mass is 10.4. The first-order chi connectivity index (χ1) is 5.56. The molecule has 0 spiro atoms. The van der Waals surface area contributed by atoms with E-state index in [1.807, 2.05) is 6.92 Å². The zero-order valence-corrected chi connectivity index (χ0v) is 8.10. The van der Waals surface area contributed by atoms with Crippen molar-refractivity contribution in [3.8, 4) is 0 Å². The number of hydrogen-bond acceptors (Lipinski definition) is 3. The lowest BCUT2D eigenvalue weighted by Gasteiger charge is -1.93. The molecule has 0 aromatic carbocycles. The second-order valence-corrected chi connectivity index (χ2v) is 2.75. The Morgan fingerprint density at radius 2 is 2.08 bits per heavy atom. The van der Waals surface area contributed by atoms with Gasteiger partial charge < -0.3 is 11.5 Å². The second kappa shape index (κ2) is 5.66. The predicted octanol–water partition coefficient (Wildman–Crippen LogP) is 1.70. The molecule has 0 aliphatic rings. The number of rotatable bonds is 3. The molecule has 68 valence electrons. The third-order valence-corrected chi connectivity index (χ3v) is 1.19. The fraction of sp³-hybridized carbons (Fsp3) is 0.375. The third-order valence-electron chi connectivity index (χ3n) is 0.996. The Morgan fingerprint density at radius 1 is 1.50 bits per heavy atom. The highest BCUT2D eigenvalue weighted by atomic mass is 35.5. The van der Waals surface area contributed by atoms with Gasteiger partial charge in [0.1, 0.15) is 11.0 Å². The molecule has 0 aliphatic carbocycles. The number of hydrogen-bond donors (Lipinski definition) is 2. The second-order valence-electron chi connectivity index (χ2n) is 2.36. The molecule has 0 unspecified atom stereocenters. The van der Waals surface area contributed by atoms with Crippen molar-refractivity contribution >= 4 is 16.8 Å². The molecule has 0 radical (unpaired) electrons. The van der Waals surface area contributed by atoms with Gasteiger partial charge in [-0.05, 0) is 25.5 Å². The van der Waals surface area contributed by atoms with Gasteiger partial charge in [-0.3, -0.25) is 0 Å². The first-order valence-electron chi connectivity index (χ1n) is 3.69. The SMILES string of the molecule is CC/C=C(N)/N=C(Cl)/C=C(\C)N. The zero-order chi connectivity index (χ0) is 9.56. The number of allylic oxidation sites excluding steroid dienone is 3. The highest BCUT2D eigenvalue weighted by Crippen LogP contribution is 1.97. The van der Waals surface area contributed by atoms with Crippen LogP contribution in [0.4, 0.5) is 0 Å². The van der Waals surface area contributed by atoms with Crippen molar-refractivity contribution in [2.24, 2.45) is 16.5 Å². The molecule has 4 N–H and O–H groups in total. The van der Waals surface area contributed by atoms with Crippen LogP contribution in [-0.4, -0.2) is 5.17 Å². The predicted molar refractivity (Wildman–Crippen MR) is 53.8 cm³/mol. The summed E-state index contributed by atoms with van der Waals surface area (Å²) in [6, 6.07) is 0. The lowest BCUT2D eigenvalue weighted by molar-refractivity contribution is 1.13. The minimum atomic E-state index is 0.303. The molecular weight excluding hydrogens is 174 g/mol. The maximum atomic E-state index is 5.68. The van der Waals surface area contributed by atoms with Crippen LogP contribution in [0.2, 0.25) is 0 Å². The van der Waals surface area contributed by atoms with Crippen LogP contribution in [0.1, 0.15) is 20.3 Å². The summed E-state index contributed by atoms with van der Waals surface area (Å²) in [5.41, 5.74) is 11.5. The van der Waals surface area contributed by atoms with Gasteiger partial charge in [0.15, 0.2) is 0 Å². The number of halogens is 1. The van der Waals surface area contributed by atoms with E-state index in [0.717, 1.165) is 6.42 Å². The molecule has 0 aromatic rings. The van der Waals surface area contributed by atoms with E-state index in [1.54, 1.807) is 19.1 Å². The van der Waals surface area contributed by atoms with Gasteiger partial charge in [-0.1, -0.05) is 18.5 Å². The smallest absolute Gasteiger partial charge is 0.133 e. The van der Waals surface area contributed by atoms with Crippen molar-refractivity contribution in [2.45, 2.75) is 20.3 Å². The van der Waals surface area contributed by atoms with Crippen LogP contribution in [0.15, 0.2) is 28.7 Å². The summed E-state index contributed by atoms with van der Waals surface area (Å²) in [5.74, 6) is 0.417. The van der Waals surface area contributed by atoms with Gasteiger partial charge in [0.05, 0.1) is 0 Å². The van der Waals surface area contributed by atoms with Crippen LogP contribution in [0, 0.1) is 0 Å². The first-order valence-corrected chi connectivity index (χ1v) is 4.07. The third kappa shape index (κ3) is 5.80. The Labute approximate surface area is 77.8 Å². The van der Waals surface area contributed by atoms with Crippen molar-refractivity contribution < 1.29 is 0 Å². The molecule has 0 amide bonds. The van der Waals surface area contributed by atoms with E-state index in [0.29, 0.717) is 16.7 Å². The van der Waals surface area contributed by atoms with E-state index in [2.05, 4.69) is 4.99 Å². The highest BCUT2D eigenvalue weighted by Gasteiger charge is 1.89. The van der Waals surface area contributed by atoms with Crippen LogP contribution >= 0.6 is 11.6 Å². The number of nitrogens with two attached hydrogens (primary N) is 2. The minimum Gasteiger partial charge on any atom is -0.402 e. The maximum absolute atomic E-state index is 5.68. The summed E-state index contributed by atoms with van der Waals surface area (Å²) in [6.45, 7) is 3.71. The molecule has 4 heteroatoms. The molecule has 0 aliphatic heterocycles. The van der Waals surface area contributed by atoms with E-state index in [-0.39, 0.29) is 0 Å². The Bertz CT molecular complexity index is 224. The van der Waals surface area contributed by atoms with Gasteiger partial charge in [-0.25, -0.2) is 4.99 Å². The van der Waals surface area contributed by atoms with Gasteiger partial charge >= 0.3 is 0 Å². The minimum absolute atomic E-state index is 0.303. The summed E-state index contributed by atoms with van der Waals surface area (Å²) in [4.78, 5) is 3.87. The first kappa shape index (κ1) is 11.0. The summed E-state index contributed by atoms with van der Waals surface area (Å²) in [7, 11) is 0. The van der Waals surface area contributed by atoms with Gasteiger partial charge in [-0.15, -0.1) is 0 Å². The van der Waals surface area contributed by atoms with Crippen molar-refractivity contribution in [1.29, 1.82) is 0 Å². The number of nitrogens with zero attached hydrogens (tertiary/aromatic N) is 1. The van der Waals surface area contributed by atoms with E-state index in [4.69, 9.17) is 23.1 Å². The van der Waals surface area contributed by atoms with Crippen molar-refractivity contribution in [1.82, 2.24) is 0 Å². The molecule has 3 nitrogen and oxygen atoms in total. The summed E-state index contributed by atoms with van der Waals surface area (Å²) >= 11 is 5.68. The summed E-state index contributed by atoms with van der Waals surface area (Å²) in [5, 5.41) is 0.303. The Morgan fingerprint density at radius 3 is 2.50 bits per heavy atom. The van der Waals surface area contributed by atoms with E-state index in [9.17, 15) is 0 Å². The van der Waals surface area contributed by atoms with Gasteiger partial charge in [-0.2, -0.15) is 0 Å². The van der Waals surface area contributed by atoms with Crippen molar-refractivity contribution in [3.05, 3.63) is 23.7 Å². The highest BCUT2D eigenvalue weighted by molar-refractivity contribution is 6.68. The Kier molecular flexibility index (Phi) is 5.21. The van der Waals surface area contributed by atoms with E-state index < -0.39 is 0 Å². The van der Waals surface area contributed by atoms with Gasteiger partial charge in [0, 0.05) is 5.70 Å². The fourth-order valence-corrected chi connectivity index (χ4v) is 0.868. The average molecular weight is 188 g/mol. The van der Waals surface area contributed by atoms with Crippen LogP contribution < -0.4 is 11.5 Å². The van der Waals surface area contributed by atoms with Crippen molar-refractivity contribution in [3.63, 3.8) is 0 Å². The molecule has 0 rings (SSSR count). The van der Waals surface area contributed by atoms with E-state index in [1.165, 1.54) is 0 Å². The molecule has 0 fully saturated rings. The molecule has 12 heavy (non-hydrogen) atoms. The average Bonchev–Trinajstić information content (AvgIpc) is 1.84. The molecule has 0 atom stereocenters. The van der Waals surface area contributed by atoms with E-state index >= 15 is 0 Å². The van der Waals surface area contributed by atoms with Crippen LogP contribution in [0.5, 0.6) is 0 Å². The number of aliphatic imine (C=N–C) groups is 1. The van der Waals surface area contributed by atoms with Crippen molar-refractivity contribution in [2.75, 3.05) is 0 Å².